The van der Waals surface area contributed by atoms with Crippen LogP contribution < -0.4 is 20.5 Å². The fraction of sp³-hybridized carbons (Fsp3) is 0.154. The molecule has 0 bridgehead atoms. The molecule has 21 heavy (non-hydrogen) atoms. The van der Waals surface area contributed by atoms with Crippen LogP contribution in [-0.2, 0) is 0 Å². The van der Waals surface area contributed by atoms with Crippen molar-refractivity contribution in [2.45, 2.75) is 0 Å². The number of hydrogen-bond donors (Lipinski definition) is 2. The number of nitrogens with two attached hydrogens (primary N) is 1. The Labute approximate surface area is 126 Å². The highest BCUT2D eigenvalue weighted by Gasteiger charge is 2.15. The molecule has 0 unspecified atom stereocenters. The summed E-state index contributed by atoms with van der Waals surface area (Å²) in [5.74, 6) is 0.179. The summed E-state index contributed by atoms with van der Waals surface area (Å²) in [6, 6.07) is 6.16. The summed E-state index contributed by atoms with van der Waals surface area (Å²) < 4.78 is 10.1. The van der Waals surface area contributed by atoms with Gasteiger partial charge in [0.1, 0.15) is 10.9 Å². The van der Waals surface area contributed by atoms with Gasteiger partial charge in [-0.05, 0) is 18.2 Å². The molecule has 0 fully saturated rings. The average Bonchev–Trinajstić information content (AvgIpc) is 2.46. The minimum Gasteiger partial charge on any atom is -0.496 e. The Morgan fingerprint density at radius 3 is 2.67 bits per heavy atom. The van der Waals surface area contributed by atoms with Crippen LogP contribution in [0.4, 0.5) is 11.6 Å². The summed E-state index contributed by atoms with van der Waals surface area (Å²) >= 11 is 5.81. The minimum atomic E-state index is -0.469. The first kappa shape index (κ1) is 14.9. The molecule has 2 aromatic rings. The van der Waals surface area contributed by atoms with Gasteiger partial charge in [-0.2, -0.15) is 4.98 Å². The molecule has 0 aliphatic rings. The van der Waals surface area contributed by atoms with Crippen molar-refractivity contribution < 1.29 is 14.3 Å². The number of nitrogens with one attached hydrogen (secondary N) is 1. The Morgan fingerprint density at radius 1 is 1.24 bits per heavy atom. The highest BCUT2D eigenvalue weighted by molar-refractivity contribution is 6.29. The number of ether oxygens (including phenoxy) is 2. The number of carbonyl (C=O) groups excluding carboxylic acids is 1. The van der Waals surface area contributed by atoms with E-state index in [9.17, 15) is 4.79 Å². The highest BCUT2D eigenvalue weighted by atomic mass is 35.5. The lowest BCUT2D eigenvalue weighted by atomic mass is 10.1. The summed E-state index contributed by atoms with van der Waals surface area (Å²) in [5.41, 5.74) is 6.37. The Balaban J connectivity index is 2.30. The zero-order valence-electron chi connectivity index (χ0n) is 11.4. The van der Waals surface area contributed by atoms with E-state index in [1.807, 2.05) is 0 Å². The van der Waals surface area contributed by atoms with Crippen LogP contribution in [0.1, 0.15) is 10.4 Å². The van der Waals surface area contributed by atoms with Gasteiger partial charge in [-0.3, -0.25) is 10.1 Å². The zero-order chi connectivity index (χ0) is 15.4. The van der Waals surface area contributed by atoms with Crippen molar-refractivity contribution in [2.75, 3.05) is 25.3 Å². The van der Waals surface area contributed by atoms with Crippen molar-refractivity contribution in [3.05, 3.63) is 35.0 Å². The van der Waals surface area contributed by atoms with Crippen molar-refractivity contribution in [3.8, 4) is 11.6 Å². The SMILES string of the molecule is COc1cc(Cl)nc(NC(=O)c2cc(N)ccc2OC)n1. The number of hydrogen-bond acceptors (Lipinski definition) is 6. The van der Waals surface area contributed by atoms with Gasteiger partial charge in [-0.1, -0.05) is 11.6 Å². The van der Waals surface area contributed by atoms with Gasteiger partial charge in [0.25, 0.3) is 5.91 Å². The maximum Gasteiger partial charge on any atom is 0.261 e. The number of nitrogens with zero attached hydrogens (tertiary/aromatic N) is 2. The van der Waals surface area contributed by atoms with Crippen LogP contribution in [0.3, 0.4) is 0 Å². The monoisotopic (exact) mass is 308 g/mol. The smallest absolute Gasteiger partial charge is 0.261 e. The van der Waals surface area contributed by atoms with E-state index in [2.05, 4.69) is 15.3 Å². The minimum absolute atomic E-state index is 0.0221. The fourth-order valence-electron chi connectivity index (χ4n) is 1.63. The molecule has 0 radical (unpaired) electrons. The molecular formula is C13H13ClN4O3. The van der Waals surface area contributed by atoms with E-state index < -0.39 is 5.91 Å². The molecule has 1 aromatic heterocycles. The summed E-state index contributed by atoms with van der Waals surface area (Å²) in [6.07, 6.45) is 0. The number of carbonyl (C=O) groups is 1. The first-order valence-electron chi connectivity index (χ1n) is 5.87. The molecule has 7 nitrogen and oxygen atoms in total. The van der Waals surface area contributed by atoms with Crippen molar-refractivity contribution >= 4 is 29.1 Å². The fourth-order valence-corrected chi connectivity index (χ4v) is 1.80. The maximum absolute atomic E-state index is 12.2. The van der Waals surface area contributed by atoms with Crippen LogP contribution in [-0.4, -0.2) is 30.1 Å². The largest absolute Gasteiger partial charge is 0.496 e. The Hall–Kier alpha value is -2.54. The second kappa shape index (κ2) is 6.27. The molecule has 1 amide bonds. The Morgan fingerprint density at radius 2 is 2.00 bits per heavy atom. The molecule has 0 atom stereocenters. The van der Waals surface area contributed by atoms with Gasteiger partial charge >= 0.3 is 0 Å². The Kier molecular flexibility index (Phi) is 4.44. The van der Waals surface area contributed by atoms with Gasteiger partial charge in [0, 0.05) is 11.8 Å². The normalized spacial score (nSPS) is 10.0. The molecule has 3 N–H and O–H groups in total. The molecular weight excluding hydrogens is 296 g/mol. The van der Waals surface area contributed by atoms with Crippen LogP contribution in [0.2, 0.25) is 5.15 Å². The molecule has 110 valence electrons. The van der Waals surface area contributed by atoms with E-state index in [-0.39, 0.29) is 22.5 Å². The van der Waals surface area contributed by atoms with Crippen LogP contribution in [0.5, 0.6) is 11.6 Å². The number of rotatable bonds is 4. The maximum atomic E-state index is 12.2. The molecule has 2 rings (SSSR count). The van der Waals surface area contributed by atoms with E-state index in [1.165, 1.54) is 26.4 Å². The number of amides is 1. The molecule has 0 aliphatic heterocycles. The summed E-state index contributed by atoms with van der Waals surface area (Å²) in [5, 5.41) is 2.66. The third-order valence-corrected chi connectivity index (χ3v) is 2.77. The first-order valence-corrected chi connectivity index (χ1v) is 6.24. The van der Waals surface area contributed by atoms with E-state index in [1.54, 1.807) is 12.1 Å². The standard InChI is InChI=1S/C13H13ClN4O3/c1-20-9-4-3-7(15)5-8(9)12(19)18-13-16-10(14)6-11(17-13)21-2/h3-6H,15H2,1-2H3,(H,16,17,18,19). The Bertz CT molecular complexity index is 678. The molecule has 0 saturated carbocycles. The second-order valence-electron chi connectivity index (χ2n) is 3.97. The van der Waals surface area contributed by atoms with Gasteiger partial charge < -0.3 is 15.2 Å². The molecule has 0 spiro atoms. The van der Waals surface area contributed by atoms with Crippen molar-refractivity contribution in [1.82, 2.24) is 9.97 Å². The topological polar surface area (TPSA) is 99.4 Å². The predicted molar refractivity (Wildman–Crippen MR) is 79.0 cm³/mol. The van der Waals surface area contributed by atoms with Crippen molar-refractivity contribution in [3.63, 3.8) is 0 Å². The highest BCUT2D eigenvalue weighted by Crippen LogP contribution is 2.22. The zero-order valence-corrected chi connectivity index (χ0v) is 12.1. The van der Waals surface area contributed by atoms with Crippen molar-refractivity contribution in [2.24, 2.45) is 0 Å². The van der Waals surface area contributed by atoms with Crippen LogP contribution in [0, 0.1) is 0 Å². The quantitative estimate of drug-likeness (QED) is 0.662. The number of benzene rings is 1. The van der Waals surface area contributed by atoms with Gasteiger partial charge in [-0.15, -0.1) is 0 Å². The second-order valence-corrected chi connectivity index (χ2v) is 4.36. The summed E-state index contributed by atoms with van der Waals surface area (Å²) in [4.78, 5) is 20.1. The van der Waals surface area contributed by atoms with Gasteiger partial charge in [0.2, 0.25) is 11.8 Å². The summed E-state index contributed by atoms with van der Waals surface area (Å²) in [7, 11) is 2.90. The average molecular weight is 309 g/mol. The van der Waals surface area contributed by atoms with Crippen LogP contribution in [0.15, 0.2) is 24.3 Å². The van der Waals surface area contributed by atoms with E-state index >= 15 is 0 Å². The number of aromatic nitrogens is 2. The lowest BCUT2D eigenvalue weighted by molar-refractivity contribution is 0.102. The lowest BCUT2D eigenvalue weighted by Gasteiger charge is -2.10. The summed E-state index contributed by atoms with van der Waals surface area (Å²) in [6.45, 7) is 0. The number of nitrogen functional groups attached to an aromatic ring is 1. The molecule has 0 aliphatic carbocycles. The van der Waals surface area contributed by atoms with Crippen molar-refractivity contribution in [1.29, 1.82) is 0 Å². The number of anilines is 2. The molecule has 8 heteroatoms. The van der Waals surface area contributed by atoms with Gasteiger partial charge in [0.15, 0.2) is 0 Å². The molecule has 0 saturated heterocycles. The van der Waals surface area contributed by atoms with E-state index in [0.717, 1.165) is 0 Å². The predicted octanol–water partition coefficient (Wildman–Crippen LogP) is 1.98. The molecule has 1 heterocycles. The lowest BCUT2D eigenvalue weighted by Crippen LogP contribution is -2.16. The molecule has 1 aromatic carbocycles. The first-order chi connectivity index (χ1) is 10.0. The third-order valence-electron chi connectivity index (χ3n) is 2.57. The third kappa shape index (κ3) is 3.51. The van der Waals surface area contributed by atoms with E-state index in [4.69, 9.17) is 26.8 Å². The van der Waals surface area contributed by atoms with Gasteiger partial charge in [0.05, 0.1) is 19.8 Å². The van der Waals surface area contributed by atoms with Crippen LogP contribution in [0.25, 0.3) is 0 Å². The number of methoxy groups -OCH3 is 2. The van der Waals surface area contributed by atoms with Crippen LogP contribution >= 0.6 is 11.6 Å². The van der Waals surface area contributed by atoms with E-state index in [0.29, 0.717) is 11.4 Å². The number of halogens is 1. The van der Waals surface area contributed by atoms with Gasteiger partial charge in [-0.25, -0.2) is 4.98 Å².